The van der Waals surface area contributed by atoms with Gasteiger partial charge >= 0.3 is 0 Å². The third-order valence-electron chi connectivity index (χ3n) is 1.39. The molecule has 0 saturated carbocycles. The maximum atomic E-state index is 10.8. The van der Waals surface area contributed by atoms with E-state index in [1.54, 1.807) is 25.3 Å². The monoisotopic (exact) mass is 160 g/mol. The van der Waals surface area contributed by atoms with Crippen molar-refractivity contribution in [1.82, 2.24) is 4.98 Å². The number of aryl methyl sites for hydroxylation is 1. The lowest BCUT2D eigenvalue weighted by atomic mass is 10.3. The number of carbonyl (C=O) groups is 1. The summed E-state index contributed by atoms with van der Waals surface area (Å²) < 4.78 is 0. The molecule has 1 heterocycles. The zero-order valence-electron chi connectivity index (χ0n) is 6.66. The van der Waals surface area contributed by atoms with Gasteiger partial charge in [0.2, 0.25) is 0 Å². The minimum absolute atomic E-state index is 0.453. The van der Waals surface area contributed by atoms with Gasteiger partial charge in [0.25, 0.3) is 5.91 Å². The van der Waals surface area contributed by atoms with Crippen LogP contribution >= 0.6 is 0 Å². The lowest BCUT2D eigenvalue weighted by Crippen LogP contribution is -2.09. The molecule has 1 N–H and O–H groups in total. The van der Waals surface area contributed by atoms with Crippen molar-refractivity contribution < 1.29 is 4.79 Å². The van der Waals surface area contributed by atoms with Crippen molar-refractivity contribution in [3.05, 3.63) is 24.0 Å². The number of anilines is 1. The molecule has 0 atom stereocenters. The Hall–Kier alpha value is -1.82. The molecule has 0 aliphatic carbocycles. The van der Waals surface area contributed by atoms with E-state index in [-0.39, 0.29) is 0 Å². The number of rotatable bonds is 1. The van der Waals surface area contributed by atoms with E-state index in [1.165, 1.54) is 0 Å². The minimum atomic E-state index is -0.453. The second-order valence-electron chi connectivity index (χ2n) is 2.23. The summed E-state index contributed by atoms with van der Waals surface area (Å²) in [6, 6.07) is 3.48. The quantitative estimate of drug-likeness (QED) is 0.622. The number of terminal acetylenes is 1. The maximum absolute atomic E-state index is 10.8. The zero-order chi connectivity index (χ0) is 8.97. The van der Waals surface area contributed by atoms with E-state index in [9.17, 15) is 4.79 Å². The Morgan fingerprint density at radius 2 is 2.50 bits per heavy atom. The molecule has 60 valence electrons. The molecule has 0 spiro atoms. The summed E-state index contributed by atoms with van der Waals surface area (Å²) in [5, 5.41) is 2.52. The molecule has 0 saturated heterocycles. The van der Waals surface area contributed by atoms with Gasteiger partial charge in [-0.15, -0.1) is 6.42 Å². The Balaban J connectivity index is 2.84. The van der Waals surface area contributed by atoms with Crippen LogP contribution in [0.4, 0.5) is 5.69 Å². The average molecular weight is 160 g/mol. The molecule has 0 aliphatic rings. The SMILES string of the molecule is C#CC(=O)Nc1cccnc1C. The first-order valence-electron chi connectivity index (χ1n) is 3.43. The fourth-order valence-electron chi connectivity index (χ4n) is 0.775. The van der Waals surface area contributed by atoms with Crippen molar-refractivity contribution in [2.45, 2.75) is 6.92 Å². The highest BCUT2D eigenvalue weighted by Gasteiger charge is 1.99. The Morgan fingerprint density at radius 3 is 3.08 bits per heavy atom. The Kier molecular flexibility index (Phi) is 2.44. The Labute approximate surface area is 70.8 Å². The number of nitrogens with one attached hydrogen (secondary N) is 1. The standard InChI is InChI=1S/C9H8N2O/c1-3-9(12)11-8-5-4-6-10-7(8)2/h1,4-6H,2H3,(H,11,12). The number of amides is 1. The van der Waals surface area contributed by atoms with E-state index in [0.29, 0.717) is 5.69 Å². The molecule has 0 aromatic carbocycles. The van der Waals surface area contributed by atoms with Gasteiger partial charge in [-0.1, -0.05) is 0 Å². The molecule has 3 heteroatoms. The molecule has 1 amide bonds. The highest BCUT2D eigenvalue weighted by molar-refractivity contribution is 6.03. The van der Waals surface area contributed by atoms with Gasteiger partial charge in [-0.3, -0.25) is 9.78 Å². The van der Waals surface area contributed by atoms with Crippen LogP contribution in [0.5, 0.6) is 0 Å². The normalized spacial score (nSPS) is 8.67. The van der Waals surface area contributed by atoms with Crippen LogP contribution in [0.15, 0.2) is 18.3 Å². The molecule has 1 aromatic rings. The van der Waals surface area contributed by atoms with Gasteiger partial charge in [0, 0.05) is 6.20 Å². The predicted octanol–water partition coefficient (Wildman–Crippen LogP) is 0.962. The third kappa shape index (κ3) is 1.83. The molecule has 3 nitrogen and oxygen atoms in total. The van der Waals surface area contributed by atoms with E-state index in [0.717, 1.165) is 5.69 Å². The van der Waals surface area contributed by atoms with Crippen LogP contribution in [0.3, 0.4) is 0 Å². The van der Waals surface area contributed by atoms with Crippen molar-refractivity contribution in [3.63, 3.8) is 0 Å². The molecular weight excluding hydrogens is 152 g/mol. The van der Waals surface area contributed by atoms with E-state index >= 15 is 0 Å². The molecule has 0 aliphatic heterocycles. The van der Waals surface area contributed by atoms with Gasteiger partial charge in [0.05, 0.1) is 11.4 Å². The smallest absolute Gasteiger partial charge is 0.300 e. The lowest BCUT2D eigenvalue weighted by Gasteiger charge is -2.02. The Morgan fingerprint density at radius 1 is 1.75 bits per heavy atom. The zero-order valence-corrected chi connectivity index (χ0v) is 6.66. The first kappa shape index (κ1) is 8.28. The summed E-state index contributed by atoms with van der Waals surface area (Å²) in [4.78, 5) is 14.7. The second-order valence-corrected chi connectivity index (χ2v) is 2.23. The van der Waals surface area contributed by atoms with Crippen LogP contribution in [0, 0.1) is 19.3 Å². The summed E-state index contributed by atoms with van der Waals surface area (Å²) >= 11 is 0. The van der Waals surface area contributed by atoms with E-state index in [2.05, 4.69) is 10.3 Å². The number of aromatic nitrogens is 1. The van der Waals surface area contributed by atoms with Gasteiger partial charge in [-0.25, -0.2) is 0 Å². The summed E-state index contributed by atoms with van der Waals surface area (Å²) in [5.74, 6) is 1.51. The van der Waals surface area contributed by atoms with Gasteiger partial charge in [0.1, 0.15) is 0 Å². The molecule has 0 bridgehead atoms. The lowest BCUT2D eigenvalue weighted by molar-refractivity contribution is -0.111. The van der Waals surface area contributed by atoms with E-state index in [4.69, 9.17) is 6.42 Å². The molecule has 0 fully saturated rings. The van der Waals surface area contributed by atoms with Crippen LogP contribution in [0.1, 0.15) is 5.69 Å². The summed E-state index contributed by atoms with van der Waals surface area (Å²) in [6.07, 6.45) is 6.54. The van der Waals surface area contributed by atoms with Crippen LogP contribution in [0.25, 0.3) is 0 Å². The number of nitrogens with zero attached hydrogens (tertiary/aromatic N) is 1. The van der Waals surface area contributed by atoms with Gasteiger partial charge in [-0.05, 0) is 25.0 Å². The highest BCUT2D eigenvalue weighted by Crippen LogP contribution is 2.09. The topological polar surface area (TPSA) is 42.0 Å². The van der Waals surface area contributed by atoms with Crippen LogP contribution < -0.4 is 5.32 Å². The molecule has 12 heavy (non-hydrogen) atoms. The fourth-order valence-corrected chi connectivity index (χ4v) is 0.775. The number of pyridine rings is 1. The number of carbonyl (C=O) groups excluding carboxylic acids is 1. The molecular formula is C9H8N2O. The Bertz CT molecular complexity index is 339. The maximum Gasteiger partial charge on any atom is 0.300 e. The van der Waals surface area contributed by atoms with E-state index < -0.39 is 5.91 Å². The van der Waals surface area contributed by atoms with Crippen molar-refractivity contribution in [3.8, 4) is 12.3 Å². The van der Waals surface area contributed by atoms with Crippen LogP contribution in [0.2, 0.25) is 0 Å². The largest absolute Gasteiger partial charge is 0.313 e. The first-order valence-corrected chi connectivity index (χ1v) is 3.43. The minimum Gasteiger partial charge on any atom is -0.313 e. The second kappa shape index (κ2) is 3.54. The van der Waals surface area contributed by atoms with Crippen molar-refractivity contribution in [2.75, 3.05) is 5.32 Å². The van der Waals surface area contributed by atoms with Gasteiger partial charge in [-0.2, -0.15) is 0 Å². The molecule has 1 rings (SSSR count). The van der Waals surface area contributed by atoms with Gasteiger partial charge < -0.3 is 5.32 Å². The fraction of sp³-hybridized carbons (Fsp3) is 0.111. The third-order valence-corrected chi connectivity index (χ3v) is 1.39. The number of hydrogen-bond donors (Lipinski definition) is 1. The van der Waals surface area contributed by atoms with Crippen molar-refractivity contribution in [2.24, 2.45) is 0 Å². The number of hydrogen-bond acceptors (Lipinski definition) is 2. The van der Waals surface area contributed by atoms with Crippen LogP contribution in [-0.2, 0) is 4.79 Å². The van der Waals surface area contributed by atoms with E-state index in [1.807, 2.05) is 5.92 Å². The summed E-state index contributed by atoms with van der Waals surface area (Å²) in [5.41, 5.74) is 1.40. The van der Waals surface area contributed by atoms with Gasteiger partial charge in [0.15, 0.2) is 0 Å². The summed E-state index contributed by atoms with van der Waals surface area (Å²) in [6.45, 7) is 1.80. The highest BCUT2D eigenvalue weighted by atomic mass is 16.1. The van der Waals surface area contributed by atoms with Crippen molar-refractivity contribution >= 4 is 11.6 Å². The van der Waals surface area contributed by atoms with Crippen LogP contribution in [-0.4, -0.2) is 10.9 Å². The average Bonchev–Trinajstić information content (AvgIpc) is 2.09. The van der Waals surface area contributed by atoms with Crippen molar-refractivity contribution in [1.29, 1.82) is 0 Å². The molecule has 1 aromatic heterocycles. The predicted molar refractivity (Wildman–Crippen MR) is 46.4 cm³/mol. The molecule has 0 unspecified atom stereocenters. The molecule has 0 radical (unpaired) electrons. The first-order chi connectivity index (χ1) is 5.74. The summed E-state index contributed by atoms with van der Waals surface area (Å²) in [7, 11) is 0.